The standard InChI is InChI=1S/C21H32N2O2S2/c1-4-25-20(24)18-16-9-7-5-6-8-10-17(16)27-19(18)22-21(26)23-12-14(2)11-15(3)13-23/h14-15H,4-13H2,1-3H3,(H,22,26)/t14-,15-/m1/s1. The number of carbonyl (C=O) groups excluding carboxylic acids is 1. The first-order valence-electron chi connectivity index (χ1n) is 10.4. The van der Waals surface area contributed by atoms with Gasteiger partial charge in [-0.05, 0) is 68.6 Å². The first kappa shape index (κ1) is 20.6. The summed E-state index contributed by atoms with van der Waals surface area (Å²) in [7, 11) is 0. The molecule has 150 valence electrons. The molecule has 1 aliphatic carbocycles. The molecule has 1 saturated heterocycles. The maximum atomic E-state index is 12.7. The molecule has 0 saturated carbocycles. The summed E-state index contributed by atoms with van der Waals surface area (Å²) in [6.45, 7) is 8.79. The van der Waals surface area contributed by atoms with Gasteiger partial charge < -0.3 is 15.0 Å². The number of thiophene rings is 1. The molecule has 0 spiro atoms. The van der Waals surface area contributed by atoms with Gasteiger partial charge in [-0.2, -0.15) is 0 Å². The Balaban J connectivity index is 1.85. The summed E-state index contributed by atoms with van der Waals surface area (Å²) in [5, 5.41) is 5.06. The van der Waals surface area contributed by atoms with Crippen molar-refractivity contribution in [3.63, 3.8) is 0 Å². The molecule has 0 aromatic carbocycles. The summed E-state index contributed by atoms with van der Waals surface area (Å²) in [6, 6.07) is 0. The van der Waals surface area contributed by atoms with E-state index in [9.17, 15) is 4.79 Å². The first-order chi connectivity index (χ1) is 13.0. The van der Waals surface area contributed by atoms with Crippen LogP contribution in [-0.2, 0) is 17.6 Å². The van der Waals surface area contributed by atoms with Gasteiger partial charge in [0, 0.05) is 18.0 Å². The van der Waals surface area contributed by atoms with Gasteiger partial charge in [-0.1, -0.05) is 26.7 Å². The molecule has 0 radical (unpaired) electrons. The van der Waals surface area contributed by atoms with Gasteiger partial charge >= 0.3 is 5.97 Å². The number of thiocarbonyl (C=S) groups is 1. The van der Waals surface area contributed by atoms with Crippen LogP contribution in [0.2, 0.25) is 0 Å². The van der Waals surface area contributed by atoms with Gasteiger partial charge in [0.1, 0.15) is 5.00 Å². The zero-order valence-corrected chi connectivity index (χ0v) is 18.4. The van der Waals surface area contributed by atoms with Gasteiger partial charge in [0.25, 0.3) is 0 Å². The minimum absolute atomic E-state index is 0.207. The lowest BCUT2D eigenvalue weighted by atomic mass is 9.92. The van der Waals surface area contributed by atoms with Crippen molar-refractivity contribution in [1.82, 2.24) is 4.90 Å². The number of esters is 1. The van der Waals surface area contributed by atoms with Crippen molar-refractivity contribution in [2.24, 2.45) is 11.8 Å². The number of likely N-dealkylation sites (tertiary alicyclic amines) is 1. The summed E-state index contributed by atoms with van der Waals surface area (Å²) in [4.78, 5) is 16.3. The fourth-order valence-electron chi connectivity index (χ4n) is 4.43. The predicted molar refractivity (Wildman–Crippen MR) is 117 cm³/mol. The van der Waals surface area contributed by atoms with Crippen LogP contribution in [0.1, 0.15) is 73.7 Å². The third-order valence-electron chi connectivity index (χ3n) is 5.53. The van der Waals surface area contributed by atoms with Crippen molar-refractivity contribution in [2.75, 3.05) is 25.0 Å². The highest BCUT2D eigenvalue weighted by Gasteiger charge is 2.28. The van der Waals surface area contributed by atoms with E-state index < -0.39 is 0 Å². The van der Waals surface area contributed by atoms with Gasteiger partial charge in [-0.15, -0.1) is 11.3 Å². The molecule has 0 bridgehead atoms. The second-order valence-electron chi connectivity index (χ2n) is 8.12. The molecule has 27 heavy (non-hydrogen) atoms. The molecular formula is C21H32N2O2S2. The third-order valence-corrected chi connectivity index (χ3v) is 7.09. The molecule has 6 heteroatoms. The van der Waals surface area contributed by atoms with Crippen LogP contribution in [0.5, 0.6) is 0 Å². The van der Waals surface area contributed by atoms with Crippen LogP contribution < -0.4 is 5.32 Å². The minimum atomic E-state index is -0.207. The minimum Gasteiger partial charge on any atom is -0.462 e. The average Bonchev–Trinajstić information content (AvgIpc) is 2.90. The van der Waals surface area contributed by atoms with Gasteiger partial charge in [0.15, 0.2) is 5.11 Å². The monoisotopic (exact) mass is 408 g/mol. The maximum Gasteiger partial charge on any atom is 0.341 e. The van der Waals surface area contributed by atoms with Crippen LogP contribution >= 0.6 is 23.6 Å². The Bertz CT molecular complexity index is 676. The van der Waals surface area contributed by atoms with Crippen molar-refractivity contribution in [2.45, 2.75) is 65.7 Å². The zero-order valence-electron chi connectivity index (χ0n) is 16.8. The number of anilines is 1. The number of nitrogens with one attached hydrogen (secondary N) is 1. The molecule has 1 aromatic rings. The number of hydrogen-bond acceptors (Lipinski definition) is 4. The highest BCUT2D eigenvalue weighted by Crippen LogP contribution is 2.38. The van der Waals surface area contributed by atoms with E-state index in [4.69, 9.17) is 17.0 Å². The number of hydrogen-bond donors (Lipinski definition) is 1. The van der Waals surface area contributed by atoms with Crippen LogP contribution in [0.25, 0.3) is 0 Å². The van der Waals surface area contributed by atoms with Gasteiger partial charge in [-0.25, -0.2) is 4.79 Å². The number of aryl methyl sites for hydroxylation is 1. The summed E-state index contributed by atoms with van der Waals surface area (Å²) in [6.07, 6.45) is 8.12. The van der Waals surface area contributed by atoms with E-state index >= 15 is 0 Å². The molecule has 1 aliphatic heterocycles. The summed E-state index contributed by atoms with van der Waals surface area (Å²) in [5.74, 6) is 1.07. The second kappa shape index (κ2) is 9.37. The highest BCUT2D eigenvalue weighted by molar-refractivity contribution is 7.80. The van der Waals surface area contributed by atoms with E-state index in [1.54, 1.807) is 11.3 Å². The molecule has 4 nitrogen and oxygen atoms in total. The molecule has 3 rings (SSSR count). The normalized spacial score (nSPS) is 23.1. The Labute approximate surface area is 172 Å². The lowest BCUT2D eigenvalue weighted by Crippen LogP contribution is -2.44. The SMILES string of the molecule is CCOC(=O)c1c(NC(=S)N2C[C@H](C)C[C@@H](C)C2)sc2c1CCCCCC2. The fraction of sp³-hybridized carbons (Fsp3) is 0.714. The smallest absolute Gasteiger partial charge is 0.341 e. The van der Waals surface area contributed by atoms with Gasteiger partial charge in [-0.3, -0.25) is 0 Å². The molecule has 0 amide bonds. The number of piperidine rings is 1. The number of ether oxygens (including phenoxy) is 1. The summed E-state index contributed by atoms with van der Waals surface area (Å²) >= 11 is 7.44. The average molecular weight is 409 g/mol. The Morgan fingerprint density at radius 1 is 1.19 bits per heavy atom. The van der Waals surface area contributed by atoms with Crippen molar-refractivity contribution in [3.8, 4) is 0 Å². The molecular weight excluding hydrogens is 376 g/mol. The van der Waals surface area contributed by atoms with Crippen LogP contribution in [0.15, 0.2) is 0 Å². The third kappa shape index (κ3) is 5.02. The van der Waals surface area contributed by atoms with Crippen molar-refractivity contribution < 1.29 is 9.53 Å². The summed E-state index contributed by atoms with van der Waals surface area (Å²) in [5.41, 5.74) is 1.93. The van der Waals surface area contributed by atoms with E-state index in [0.717, 1.165) is 48.0 Å². The van der Waals surface area contributed by atoms with E-state index in [0.29, 0.717) is 18.4 Å². The molecule has 2 heterocycles. The Kier molecular flexibility index (Phi) is 7.15. The Morgan fingerprint density at radius 2 is 1.85 bits per heavy atom. The lowest BCUT2D eigenvalue weighted by Gasteiger charge is -2.36. The largest absolute Gasteiger partial charge is 0.462 e. The van der Waals surface area contributed by atoms with Crippen LogP contribution in [0, 0.1) is 11.8 Å². The molecule has 1 aromatic heterocycles. The van der Waals surface area contributed by atoms with E-state index in [-0.39, 0.29) is 5.97 Å². The van der Waals surface area contributed by atoms with E-state index in [2.05, 4.69) is 24.1 Å². The maximum absolute atomic E-state index is 12.7. The van der Waals surface area contributed by atoms with Crippen molar-refractivity contribution >= 4 is 39.6 Å². The van der Waals surface area contributed by atoms with Crippen molar-refractivity contribution in [1.29, 1.82) is 0 Å². The van der Waals surface area contributed by atoms with Crippen LogP contribution in [0.3, 0.4) is 0 Å². The van der Waals surface area contributed by atoms with Crippen LogP contribution in [-0.4, -0.2) is 35.7 Å². The van der Waals surface area contributed by atoms with E-state index in [1.165, 1.54) is 36.1 Å². The molecule has 2 aliphatic rings. The molecule has 0 unspecified atom stereocenters. The van der Waals surface area contributed by atoms with Gasteiger partial charge in [0.2, 0.25) is 0 Å². The first-order valence-corrected chi connectivity index (χ1v) is 11.6. The topological polar surface area (TPSA) is 41.6 Å². The number of nitrogens with zero attached hydrogens (tertiary/aromatic N) is 1. The Morgan fingerprint density at radius 3 is 2.52 bits per heavy atom. The number of fused-ring (bicyclic) bond motifs is 1. The molecule has 2 atom stereocenters. The summed E-state index contributed by atoms with van der Waals surface area (Å²) < 4.78 is 5.40. The van der Waals surface area contributed by atoms with Crippen LogP contribution in [0.4, 0.5) is 5.00 Å². The highest BCUT2D eigenvalue weighted by atomic mass is 32.1. The molecule has 1 N–H and O–H groups in total. The van der Waals surface area contributed by atoms with E-state index in [1.807, 2.05) is 6.92 Å². The number of carbonyl (C=O) groups is 1. The Hall–Kier alpha value is -1.14. The van der Waals surface area contributed by atoms with Crippen molar-refractivity contribution in [3.05, 3.63) is 16.0 Å². The van der Waals surface area contributed by atoms with Gasteiger partial charge in [0.05, 0.1) is 12.2 Å². The number of rotatable bonds is 3. The molecule has 1 fully saturated rings. The zero-order chi connectivity index (χ0) is 19.4. The second-order valence-corrected chi connectivity index (χ2v) is 9.62. The predicted octanol–water partition coefficient (Wildman–Crippen LogP) is 5.26. The fourth-order valence-corrected chi connectivity index (χ4v) is 6.02. The lowest BCUT2D eigenvalue weighted by molar-refractivity contribution is 0.0526. The quantitative estimate of drug-likeness (QED) is 0.546.